The Morgan fingerprint density at radius 1 is 1.53 bits per heavy atom. The van der Waals surface area contributed by atoms with Gasteiger partial charge < -0.3 is 11.1 Å². The average Bonchev–Trinajstić information content (AvgIpc) is 2.59. The van der Waals surface area contributed by atoms with E-state index in [2.05, 4.69) is 33.0 Å². The van der Waals surface area contributed by atoms with Gasteiger partial charge in [0.25, 0.3) is 5.91 Å². The molecule has 0 bridgehead atoms. The Kier molecular flexibility index (Phi) is 4.00. The minimum absolute atomic E-state index is 0.270. The number of nitrogens with one attached hydrogen (secondary N) is 1. The summed E-state index contributed by atoms with van der Waals surface area (Å²) in [6, 6.07) is 5.12. The van der Waals surface area contributed by atoms with Crippen LogP contribution in [0.1, 0.15) is 16.1 Å². The number of carbonyl (C=O) groups is 1. The molecule has 1 aromatic heterocycles. The number of anilines is 2. The molecule has 0 radical (unpaired) electrons. The van der Waals surface area contributed by atoms with E-state index in [-0.39, 0.29) is 5.91 Å². The molecule has 7 heteroatoms. The Morgan fingerprint density at radius 3 is 2.74 bits per heavy atom. The number of benzene rings is 1. The Labute approximate surface area is 129 Å². The summed E-state index contributed by atoms with van der Waals surface area (Å²) >= 11 is 8.10. The molecule has 0 aliphatic rings. The van der Waals surface area contributed by atoms with Crippen molar-refractivity contribution in [1.82, 2.24) is 9.78 Å². The topological polar surface area (TPSA) is 72.9 Å². The maximum Gasteiger partial charge on any atom is 0.256 e. The zero-order valence-electron chi connectivity index (χ0n) is 10.4. The minimum Gasteiger partial charge on any atom is -0.394 e. The molecule has 100 valence electrons. The van der Waals surface area contributed by atoms with Crippen molar-refractivity contribution >= 4 is 51.6 Å². The fraction of sp³-hybridized carbons (Fsp3) is 0.167. The van der Waals surface area contributed by atoms with Gasteiger partial charge in [-0.15, -0.1) is 0 Å². The van der Waals surface area contributed by atoms with Crippen LogP contribution in [0.25, 0.3) is 0 Å². The van der Waals surface area contributed by atoms with Crippen molar-refractivity contribution in [3.63, 3.8) is 0 Å². The van der Waals surface area contributed by atoms with Crippen LogP contribution in [0.4, 0.5) is 11.5 Å². The standard InChI is InChI=1S/C12H12ClIN4O/c1-6-10(15)11(18(2)17-6)16-12(19)7-3-4-9(14)8(13)5-7/h3-5H,15H2,1-2H3,(H,16,19). The lowest BCUT2D eigenvalue weighted by Gasteiger charge is -2.07. The highest BCUT2D eigenvalue weighted by Crippen LogP contribution is 2.23. The summed E-state index contributed by atoms with van der Waals surface area (Å²) in [5, 5.41) is 7.42. The lowest BCUT2D eigenvalue weighted by molar-refractivity contribution is 0.102. The molecule has 0 atom stereocenters. The molecule has 19 heavy (non-hydrogen) atoms. The summed E-state index contributed by atoms with van der Waals surface area (Å²) in [7, 11) is 1.72. The Bertz CT molecular complexity index is 653. The summed E-state index contributed by atoms with van der Waals surface area (Å²) < 4.78 is 2.43. The summed E-state index contributed by atoms with van der Waals surface area (Å²) in [5.74, 6) is 0.213. The van der Waals surface area contributed by atoms with Crippen LogP contribution >= 0.6 is 34.2 Å². The number of nitrogen functional groups attached to an aromatic ring is 1. The quantitative estimate of drug-likeness (QED) is 0.775. The van der Waals surface area contributed by atoms with Crippen molar-refractivity contribution < 1.29 is 4.79 Å². The van der Waals surface area contributed by atoms with Gasteiger partial charge in [-0.1, -0.05) is 11.6 Å². The van der Waals surface area contributed by atoms with Crippen LogP contribution in [0.15, 0.2) is 18.2 Å². The molecule has 2 aromatic rings. The van der Waals surface area contributed by atoms with E-state index in [4.69, 9.17) is 17.3 Å². The molecule has 2 rings (SSSR count). The predicted molar refractivity (Wildman–Crippen MR) is 84.5 cm³/mol. The fourth-order valence-corrected chi connectivity index (χ4v) is 2.16. The lowest BCUT2D eigenvalue weighted by Crippen LogP contribution is -2.15. The van der Waals surface area contributed by atoms with Crippen LogP contribution in [0, 0.1) is 10.5 Å². The summed E-state index contributed by atoms with van der Waals surface area (Å²) in [6.07, 6.45) is 0. The van der Waals surface area contributed by atoms with Crippen LogP contribution in [-0.2, 0) is 7.05 Å². The second-order valence-electron chi connectivity index (χ2n) is 4.05. The van der Waals surface area contributed by atoms with Gasteiger partial charge in [0.1, 0.15) is 0 Å². The normalized spacial score (nSPS) is 10.5. The van der Waals surface area contributed by atoms with Gasteiger partial charge in [-0.3, -0.25) is 9.48 Å². The minimum atomic E-state index is -0.270. The molecular weight excluding hydrogens is 379 g/mol. The van der Waals surface area contributed by atoms with E-state index in [1.807, 2.05) is 0 Å². The highest BCUT2D eigenvalue weighted by Gasteiger charge is 2.14. The molecule has 0 spiro atoms. The highest BCUT2D eigenvalue weighted by atomic mass is 127. The van der Waals surface area contributed by atoms with E-state index in [1.54, 1.807) is 32.2 Å². The molecule has 0 aliphatic heterocycles. The van der Waals surface area contributed by atoms with Crippen LogP contribution < -0.4 is 11.1 Å². The van der Waals surface area contributed by atoms with Crippen molar-refractivity contribution in [2.24, 2.45) is 7.05 Å². The van der Waals surface area contributed by atoms with E-state index in [0.717, 1.165) is 3.57 Å². The van der Waals surface area contributed by atoms with E-state index in [9.17, 15) is 4.79 Å². The first-order valence-corrected chi connectivity index (χ1v) is 6.91. The van der Waals surface area contributed by atoms with Crippen molar-refractivity contribution in [3.8, 4) is 0 Å². The smallest absolute Gasteiger partial charge is 0.256 e. The maximum atomic E-state index is 12.1. The first-order chi connectivity index (χ1) is 8.90. The molecule has 0 saturated heterocycles. The number of hydrogen-bond donors (Lipinski definition) is 2. The number of aromatic nitrogens is 2. The van der Waals surface area contributed by atoms with Gasteiger partial charge in [-0.05, 0) is 47.7 Å². The van der Waals surface area contributed by atoms with Crippen molar-refractivity contribution in [3.05, 3.63) is 38.0 Å². The monoisotopic (exact) mass is 390 g/mol. The van der Waals surface area contributed by atoms with Gasteiger partial charge in [0, 0.05) is 16.2 Å². The van der Waals surface area contributed by atoms with Gasteiger partial charge >= 0.3 is 0 Å². The zero-order chi connectivity index (χ0) is 14.2. The first kappa shape index (κ1) is 14.1. The van der Waals surface area contributed by atoms with Crippen molar-refractivity contribution in [2.75, 3.05) is 11.1 Å². The van der Waals surface area contributed by atoms with E-state index >= 15 is 0 Å². The number of nitrogens with two attached hydrogens (primary N) is 1. The van der Waals surface area contributed by atoms with Gasteiger partial charge in [0.2, 0.25) is 0 Å². The number of carbonyl (C=O) groups excluding carboxylic acids is 1. The fourth-order valence-electron chi connectivity index (χ4n) is 1.64. The van der Waals surface area contributed by atoms with Crippen molar-refractivity contribution in [2.45, 2.75) is 6.92 Å². The number of halogens is 2. The summed E-state index contributed by atoms with van der Waals surface area (Å²) in [4.78, 5) is 12.1. The second-order valence-corrected chi connectivity index (χ2v) is 5.62. The molecule has 0 saturated carbocycles. The van der Waals surface area contributed by atoms with Gasteiger partial charge in [-0.25, -0.2) is 0 Å². The molecule has 0 fully saturated rings. The van der Waals surface area contributed by atoms with Gasteiger partial charge in [0.15, 0.2) is 5.82 Å². The first-order valence-electron chi connectivity index (χ1n) is 5.45. The van der Waals surface area contributed by atoms with Crippen LogP contribution in [-0.4, -0.2) is 15.7 Å². The molecule has 5 nitrogen and oxygen atoms in total. The highest BCUT2D eigenvalue weighted by molar-refractivity contribution is 14.1. The third kappa shape index (κ3) is 2.84. The average molecular weight is 391 g/mol. The van der Waals surface area contributed by atoms with Crippen molar-refractivity contribution in [1.29, 1.82) is 0 Å². The number of aryl methyl sites for hydroxylation is 2. The molecule has 0 aliphatic carbocycles. The lowest BCUT2D eigenvalue weighted by atomic mass is 10.2. The molecule has 1 heterocycles. The van der Waals surface area contributed by atoms with Gasteiger partial charge in [0.05, 0.1) is 16.4 Å². The Morgan fingerprint density at radius 2 is 2.21 bits per heavy atom. The van der Waals surface area contributed by atoms with E-state index in [0.29, 0.717) is 27.8 Å². The van der Waals surface area contributed by atoms with Crippen LogP contribution in [0.3, 0.4) is 0 Å². The number of nitrogens with zero attached hydrogens (tertiary/aromatic N) is 2. The van der Waals surface area contributed by atoms with Gasteiger partial charge in [-0.2, -0.15) is 5.10 Å². The Hall–Kier alpha value is -1.28. The predicted octanol–water partition coefficient (Wildman–Crippen LogP) is 2.82. The summed E-state index contributed by atoms with van der Waals surface area (Å²) in [6.45, 7) is 1.78. The Balaban J connectivity index is 2.28. The number of amides is 1. The van der Waals surface area contributed by atoms with Crippen LogP contribution in [0.2, 0.25) is 5.02 Å². The number of rotatable bonds is 2. The van der Waals surface area contributed by atoms with E-state index in [1.165, 1.54) is 4.68 Å². The molecule has 1 amide bonds. The SMILES string of the molecule is Cc1nn(C)c(NC(=O)c2ccc(I)c(Cl)c2)c1N. The zero-order valence-corrected chi connectivity index (χ0v) is 13.3. The van der Waals surface area contributed by atoms with E-state index < -0.39 is 0 Å². The van der Waals surface area contributed by atoms with Crippen LogP contribution in [0.5, 0.6) is 0 Å². The molecule has 3 N–H and O–H groups in total. The maximum absolute atomic E-state index is 12.1. The third-order valence-electron chi connectivity index (χ3n) is 2.68. The molecular formula is C12H12ClIN4O. The second kappa shape index (κ2) is 5.38. The summed E-state index contributed by atoms with van der Waals surface area (Å²) in [5.41, 5.74) is 7.48. The number of hydrogen-bond acceptors (Lipinski definition) is 3. The molecule has 1 aromatic carbocycles. The largest absolute Gasteiger partial charge is 0.394 e. The third-order valence-corrected chi connectivity index (χ3v) is 4.25. The molecule has 0 unspecified atom stereocenters.